The molecule has 0 saturated carbocycles. The van der Waals surface area contributed by atoms with Gasteiger partial charge in [0.2, 0.25) is 5.43 Å². The molecule has 0 spiro atoms. The molecule has 0 aliphatic carbocycles. The predicted octanol–water partition coefficient (Wildman–Crippen LogP) is 4.44. The third-order valence-electron chi connectivity index (χ3n) is 4.92. The number of aromatic nitrogens is 1. The molecule has 5 nitrogen and oxygen atoms in total. The molecule has 0 saturated heterocycles. The van der Waals surface area contributed by atoms with E-state index in [0.29, 0.717) is 25.5 Å². The number of hydrogen-bond acceptors (Lipinski definition) is 4. The van der Waals surface area contributed by atoms with Gasteiger partial charge < -0.3 is 18.8 Å². The van der Waals surface area contributed by atoms with E-state index in [2.05, 4.69) is 26.0 Å². The molecule has 0 aliphatic rings. The number of aryl methyl sites for hydroxylation is 2. The Morgan fingerprint density at radius 3 is 2.31 bits per heavy atom. The van der Waals surface area contributed by atoms with Crippen LogP contribution in [0.2, 0.25) is 0 Å². The zero-order chi connectivity index (χ0) is 20.8. The fourth-order valence-corrected chi connectivity index (χ4v) is 3.16. The van der Waals surface area contributed by atoms with Crippen LogP contribution in [0.15, 0.2) is 59.5 Å². The summed E-state index contributed by atoms with van der Waals surface area (Å²) in [6.07, 6.45) is 1.78. The molecule has 152 valence electrons. The van der Waals surface area contributed by atoms with Gasteiger partial charge in [-0.25, -0.2) is 0 Å². The third-order valence-corrected chi connectivity index (χ3v) is 4.92. The van der Waals surface area contributed by atoms with E-state index < -0.39 is 0 Å². The van der Waals surface area contributed by atoms with Gasteiger partial charge in [-0.1, -0.05) is 23.8 Å². The van der Waals surface area contributed by atoms with Gasteiger partial charge in [0.25, 0.3) is 0 Å². The SMILES string of the molecule is COc1ccc(OCCn2ccc(=O)c(OCc3ccc(C)cc3C)c2C)cc1. The lowest BCUT2D eigenvalue weighted by molar-refractivity contribution is 0.282. The van der Waals surface area contributed by atoms with E-state index in [1.165, 1.54) is 11.6 Å². The maximum absolute atomic E-state index is 12.3. The fourth-order valence-electron chi connectivity index (χ4n) is 3.16. The summed E-state index contributed by atoms with van der Waals surface area (Å²) in [7, 11) is 1.63. The number of pyridine rings is 1. The van der Waals surface area contributed by atoms with Gasteiger partial charge in [-0.3, -0.25) is 4.79 Å². The van der Waals surface area contributed by atoms with Crippen molar-refractivity contribution in [3.8, 4) is 17.2 Å². The summed E-state index contributed by atoms with van der Waals surface area (Å²) in [4.78, 5) is 12.3. The van der Waals surface area contributed by atoms with Gasteiger partial charge >= 0.3 is 0 Å². The summed E-state index contributed by atoms with van der Waals surface area (Å²) >= 11 is 0. The standard InChI is InChI=1S/C24H27NO4/c1-17-5-6-20(18(2)15-17)16-29-24-19(3)25(12-11-23(24)26)13-14-28-22-9-7-21(27-4)8-10-22/h5-12,15H,13-14,16H2,1-4H3. The fraction of sp³-hybridized carbons (Fsp3) is 0.292. The highest BCUT2D eigenvalue weighted by molar-refractivity contribution is 5.32. The molecule has 0 N–H and O–H groups in total. The Hall–Kier alpha value is -3.21. The van der Waals surface area contributed by atoms with Crippen LogP contribution in [-0.2, 0) is 13.2 Å². The van der Waals surface area contributed by atoms with Crippen LogP contribution in [0.4, 0.5) is 0 Å². The summed E-state index contributed by atoms with van der Waals surface area (Å²) in [5.41, 5.74) is 4.13. The lowest BCUT2D eigenvalue weighted by Crippen LogP contribution is -2.17. The third kappa shape index (κ3) is 5.19. The molecule has 2 aromatic carbocycles. The van der Waals surface area contributed by atoms with Crippen LogP contribution in [0.25, 0.3) is 0 Å². The molecule has 0 fully saturated rings. The zero-order valence-electron chi connectivity index (χ0n) is 17.4. The Morgan fingerprint density at radius 2 is 1.62 bits per heavy atom. The van der Waals surface area contributed by atoms with Crippen molar-refractivity contribution in [1.29, 1.82) is 0 Å². The summed E-state index contributed by atoms with van der Waals surface area (Å²) < 4.78 is 18.8. The maximum atomic E-state index is 12.3. The first-order valence-corrected chi connectivity index (χ1v) is 9.64. The van der Waals surface area contributed by atoms with Crippen LogP contribution < -0.4 is 19.6 Å². The smallest absolute Gasteiger partial charge is 0.223 e. The van der Waals surface area contributed by atoms with E-state index >= 15 is 0 Å². The number of benzene rings is 2. The van der Waals surface area contributed by atoms with Gasteiger partial charge in [0.15, 0.2) is 5.75 Å². The largest absolute Gasteiger partial charge is 0.497 e. The first-order chi connectivity index (χ1) is 14.0. The summed E-state index contributed by atoms with van der Waals surface area (Å²) in [6.45, 7) is 7.47. The number of nitrogens with zero attached hydrogens (tertiary/aromatic N) is 1. The van der Waals surface area contributed by atoms with E-state index in [1.807, 2.05) is 41.8 Å². The van der Waals surface area contributed by atoms with Crippen molar-refractivity contribution >= 4 is 0 Å². The number of ether oxygens (including phenoxy) is 3. The van der Waals surface area contributed by atoms with Crippen molar-refractivity contribution in [1.82, 2.24) is 4.57 Å². The van der Waals surface area contributed by atoms with Crippen molar-refractivity contribution in [2.75, 3.05) is 13.7 Å². The first kappa shape index (κ1) is 20.5. The van der Waals surface area contributed by atoms with Gasteiger partial charge in [-0.05, 0) is 56.2 Å². The van der Waals surface area contributed by atoms with Crippen molar-refractivity contribution in [3.05, 3.63) is 87.3 Å². The van der Waals surface area contributed by atoms with E-state index in [9.17, 15) is 4.79 Å². The number of hydrogen-bond donors (Lipinski definition) is 0. The van der Waals surface area contributed by atoms with Crippen LogP contribution in [0.1, 0.15) is 22.4 Å². The van der Waals surface area contributed by atoms with Crippen molar-refractivity contribution < 1.29 is 14.2 Å². The normalized spacial score (nSPS) is 10.6. The molecule has 1 aromatic heterocycles. The molecule has 0 unspecified atom stereocenters. The van der Waals surface area contributed by atoms with Crippen molar-refractivity contribution in [2.24, 2.45) is 0 Å². The lowest BCUT2D eigenvalue weighted by Gasteiger charge is -2.16. The van der Waals surface area contributed by atoms with Crippen LogP contribution in [0.3, 0.4) is 0 Å². The van der Waals surface area contributed by atoms with Crippen LogP contribution >= 0.6 is 0 Å². The van der Waals surface area contributed by atoms with Crippen LogP contribution in [-0.4, -0.2) is 18.3 Å². The number of methoxy groups -OCH3 is 1. The Balaban J connectivity index is 1.65. The summed E-state index contributed by atoms with van der Waals surface area (Å²) in [6, 6.07) is 15.2. The highest BCUT2D eigenvalue weighted by Gasteiger charge is 2.10. The Kier molecular flexibility index (Phi) is 6.60. The molecule has 3 rings (SSSR count). The molecular formula is C24H27NO4. The molecule has 0 amide bonds. The second-order valence-corrected chi connectivity index (χ2v) is 7.03. The molecule has 0 bridgehead atoms. The molecule has 5 heteroatoms. The Labute approximate surface area is 171 Å². The van der Waals surface area contributed by atoms with Gasteiger partial charge in [-0.15, -0.1) is 0 Å². The van der Waals surface area contributed by atoms with E-state index in [-0.39, 0.29) is 5.43 Å². The highest BCUT2D eigenvalue weighted by atomic mass is 16.5. The van der Waals surface area contributed by atoms with Gasteiger partial charge in [0.1, 0.15) is 24.7 Å². The first-order valence-electron chi connectivity index (χ1n) is 9.64. The van der Waals surface area contributed by atoms with Gasteiger partial charge in [-0.2, -0.15) is 0 Å². The molecular weight excluding hydrogens is 366 g/mol. The average Bonchev–Trinajstić information content (AvgIpc) is 2.71. The van der Waals surface area contributed by atoms with Crippen molar-refractivity contribution in [3.63, 3.8) is 0 Å². The molecule has 1 heterocycles. The van der Waals surface area contributed by atoms with Crippen LogP contribution in [0, 0.1) is 20.8 Å². The number of rotatable bonds is 8. The second kappa shape index (κ2) is 9.32. The molecule has 3 aromatic rings. The second-order valence-electron chi connectivity index (χ2n) is 7.03. The lowest BCUT2D eigenvalue weighted by atomic mass is 10.1. The van der Waals surface area contributed by atoms with Gasteiger partial charge in [0.05, 0.1) is 19.3 Å². The minimum atomic E-state index is -0.111. The summed E-state index contributed by atoms with van der Waals surface area (Å²) in [5.74, 6) is 1.95. The quantitative estimate of drug-likeness (QED) is 0.568. The van der Waals surface area contributed by atoms with E-state index in [1.54, 1.807) is 13.3 Å². The molecule has 0 radical (unpaired) electrons. The Bertz CT molecular complexity index is 1020. The monoisotopic (exact) mass is 393 g/mol. The predicted molar refractivity (Wildman–Crippen MR) is 114 cm³/mol. The highest BCUT2D eigenvalue weighted by Crippen LogP contribution is 2.18. The topological polar surface area (TPSA) is 49.7 Å². The molecule has 0 aliphatic heterocycles. The van der Waals surface area contributed by atoms with E-state index in [4.69, 9.17) is 14.2 Å². The van der Waals surface area contributed by atoms with E-state index in [0.717, 1.165) is 28.3 Å². The average molecular weight is 393 g/mol. The minimum Gasteiger partial charge on any atom is -0.497 e. The van der Waals surface area contributed by atoms with Crippen molar-refractivity contribution in [2.45, 2.75) is 33.9 Å². The minimum absolute atomic E-state index is 0.111. The van der Waals surface area contributed by atoms with Crippen LogP contribution in [0.5, 0.6) is 17.2 Å². The van der Waals surface area contributed by atoms with Gasteiger partial charge in [0, 0.05) is 12.3 Å². The summed E-state index contributed by atoms with van der Waals surface area (Å²) in [5, 5.41) is 0. The molecule has 0 atom stereocenters. The Morgan fingerprint density at radius 1 is 0.897 bits per heavy atom. The molecule has 29 heavy (non-hydrogen) atoms. The zero-order valence-corrected chi connectivity index (χ0v) is 17.4. The maximum Gasteiger partial charge on any atom is 0.223 e.